The molecular weight excluding hydrogens is 344 g/mol. The van der Waals surface area contributed by atoms with Crippen molar-refractivity contribution in [3.63, 3.8) is 0 Å². The van der Waals surface area contributed by atoms with E-state index >= 15 is 0 Å². The van der Waals surface area contributed by atoms with Gasteiger partial charge in [0.05, 0.1) is 16.9 Å². The molecular formula is C22H16O5. The van der Waals surface area contributed by atoms with Gasteiger partial charge in [-0.25, -0.2) is 4.79 Å². The van der Waals surface area contributed by atoms with Gasteiger partial charge >= 0.3 is 5.63 Å². The fraction of sp³-hybridized carbons (Fsp3) is 0.182. The van der Waals surface area contributed by atoms with E-state index in [1.165, 1.54) is 0 Å². The molecule has 5 heteroatoms. The molecule has 1 aliphatic heterocycles. The van der Waals surface area contributed by atoms with E-state index in [0.717, 1.165) is 12.0 Å². The Morgan fingerprint density at radius 3 is 2.56 bits per heavy atom. The summed E-state index contributed by atoms with van der Waals surface area (Å²) in [5.41, 5.74) is 1.57. The molecule has 0 spiro atoms. The lowest BCUT2D eigenvalue weighted by Crippen LogP contribution is -2.29. The monoisotopic (exact) mass is 360 g/mol. The first-order valence-corrected chi connectivity index (χ1v) is 8.92. The summed E-state index contributed by atoms with van der Waals surface area (Å²) in [5.74, 6) is 0.659. The molecule has 2 heterocycles. The third-order valence-corrected chi connectivity index (χ3v) is 5.24. The van der Waals surface area contributed by atoms with Gasteiger partial charge < -0.3 is 14.3 Å². The Hall–Kier alpha value is -3.34. The van der Waals surface area contributed by atoms with E-state index in [-0.39, 0.29) is 11.5 Å². The quantitative estimate of drug-likeness (QED) is 0.663. The van der Waals surface area contributed by atoms with Crippen LogP contribution in [0.2, 0.25) is 0 Å². The Bertz CT molecular complexity index is 1170. The minimum absolute atomic E-state index is 0.00691. The second-order valence-electron chi connectivity index (χ2n) is 6.87. The van der Waals surface area contributed by atoms with Crippen LogP contribution in [0.4, 0.5) is 0 Å². The lowest BCUT2D eigenvalue weighted by Gasteiger charge is -2.32. The van der Waals surface area contributed by atoms with Gasteiger partial charge in [0.1, 0.15) is 22.8 Å². The number of benzene rings is 2. The van der Waals surface area contributed by atoms with Crippen molar-refractivity contribution < 1.29 is 19.1 Å². The zero-order valence-electron chi connectivity index (χ0n) is 14.4. The van der Waals surface area contributed by atoms with Crippen molar-refractivity contribution in [3.05, 3.63) is 81.4 Å². The number of para-hydroxylation sites is 1. The third kappa shape index (κ3) is 2.39. The number of phenolic OH excluding ortho intramolecular Hbond substituents is 1. The van der Waals surface area contributed by atoms with Crippen LogP contribution in [-0.4, -0.2) is 10.9 Å². The van der Waals surface area contributed by atoms with Crippen molar-refractivity contribution >= 4 is 16.8 Å². The van der Waals surface area contributed by atoms with Crippen LogP contribution in [0.25, 0.3) is 11.0 Å². The van der Waals surface area contributed by atoms with E-state index in [9.17, 15) is 14.7 Å². The Morgan fingerprint density at radius 1 is 0.963 bits per heavy atom. The molecule has 0 saturated carbocycles. The molecule has 5 nitrogen and oxygen atoms in total. The topological polar surface area (TPSA) is 76.7 Å². The SMILES string of the molecule is O=C1CCCC2=C1C(c1ccc(O)cc1)c1c(c3ccccc3oc1=O)O2. The molecule has 2 aliphatic rings. The third-order valence-electron chi connectivity index (χ3n) is 5.24. The maximum absolute atomic E-state index is 12.9. The Morgan fingerprint density at radius 2 is 1.74 bits per heavy atom. The molecule has 5 rings (SSSR count). The average Bonchev–Trinajstić information content (AvgIpc) is 2.68. The van der Waals surface area contributed by atoms with E-state index in [2.05, 4.69) is 0 Å². The van der Waals surface area contributed by atoms with Crippen LogP contribution in [0.1, 0.15) is 36.3 Å². The predicted molar refractivity (Wildman–Crippen MR) is 98.9 cm³/mol. The fourth-order valence-corrected chi connectivity index (χ4v) is 4.02. The zero-order valence-corrected chi connectivity index (χ0v) is 14.4. The number of fused-ring (bicyclic) bond motifs is 3. The maximum atomic E-state index is 12.9. The van der Waals surface area contributed by atoms with Crippen LogP contribution in [0.15, 0.2) is 69.1 Å². The number of hydrogen-bond donors (Lipinski definition) is 1. The average molecular weight is 360 g/mol. The second kappa shape index (κ2) is 5.84. The van der Waals surface area contributed by atoms with E-state index in [4.69, 9.17) is 9.15 Å². The molecule has 134 valence electrons. The molecule has 1 atom stereocenters. The van der Waals surface area contributed by atoms with E-state index in [1.807, 2.05) is 12.1 Å². The van der Waals surface area contributed by atoms with Crippen molar-refractivity contribution in [2.45, 2.75) is 25.2 Å². The molecule has 3 aromatic rings. The van der Waals surface area contributed by atoms with Crippen LogP contribution in [0, 0.1) is 0 Å². The summed E-state index contributed by atoms with van der Waals surface area (Å²) in [5, 5.41) is 10.4. The standard InChI is InChI=1S/C22H16O5/c23-13-10-8-12(9-11-13)18-19-15(24)5-3-7-17(19)26-21-14-4-1-2-6-16(14)27-22(25)20(18)21/h1-2,4,6,8-11,18,23H,3,5,7H2. The molecule has 0 radical (unpaired) electrons. The summed E-state index contributed by atoms with van der Waals surface area (Å²) in [6.45, 7) is 0. The number of phenols is 1. The lowest BCUT2D eigenvalue weighted by atomic mass is 9.77. The molecule has 2 aromatic carbocycles. The van der Waals surface area contributed by atoms with Crippen LogP contribution in [0.5, 0.6) is 11.5 Å². The number of Topliss-reactive ketones (excluding diaryl/α,β-unsaturated/α-hetero) is 1. The minimum Gasteiger partial charge on any atom is -0.508 e. The molecule has 0 saturated heterocycles. The van der Waals surface area contributed by atoms with Gasteiger partial charge in [0.2, 0.25) is 0 Å². The highest BCUT2D eigenvalue weighted by Crippen LogP contribution is 2.47. The fourth-order valence-electron chi connectivity index (χ4n) is 4.02. The first-order chi connectivity index (χ1) is 13.1. The molecule has 0 amide bonds. The molecule has 0 bridgehead atoms. The van der Waals surface area contributed by atoms with Gasteiger partial charge in [-0.1, -0.05) is 24.3 Å². The molecule has 27 heavy (non-hydrogen) atoms. The Kier molecular flexibility index (Phi) is 3.44. The summed E-state index contributed by atoms with van der Waals surface area (Å²) in [6.07, 6.45) is 1.82. The molecule has 0 fully saturated rings. The van der Waals surface area contributed by atoms with Crippen molar-refractivity contribution in [1.29, 1.82) is 0 Å². The summed E-state index contributed by atoms with van der Waals surface area (Å²) in [4.78, 5) is 25.6. The number of aromatic hydroxyl groups is 1. The largest absolute Gasteiger partial charge is 0.508 e. The number of ketones is 1. The van der Waals surface area contributed by atoms with Gasteiger partial charge in [-0.15, -0.1) is 0 Å². The number of allylic oxidation sites excluding steroid dienone is 2. The van der Waals surface area contributed by atoms with Crippen LogP contribution >= 0.6 is 0 Å². The van der Waals surface area contributed by atoms with Crippen molar-refractivity contribution in [2.75, 3.05) is 0 Å². The highest BCUT2D eigenvalue weighted by Gasteiger charge is 2.39. The normalized spacial score (nSPS) is 18.8. The van der Waals surface area contributed by atoms with Gasteiger partial charge in [0.25, 0.3) is 0 Å². The number of hydrogen-bond acceptors (Lipinski definition) is 5. The van der Waals surface area contributed by atoms with E-state index in [1.54, 1.807) is 36.4 Å². The van der Waals surface area contributed by atoms with Gasteiger partial charge in [-0.3, -0.25) is 4.79 Å². The van der Waals surface area contributed by atoms with Crippen LogP contribution in [-0.2, 0) is 4.79 Å². The number of carbonyl (C=O) groups is 1. The predicted octanol–water partition coefficient (Wildman–Crippen LogP) is 4.03. The Balaban J connectivity index is 1.85. The van der Waals surface area contributed by atoms with Crippen LogP contribution < -0.4 is 10.4 Å². The number of ether oxygens (including phenoxy) is 1. The molecule has 1 unspecified atom stereocenters. The van der Waals surface area contributed by atoms with E-state index < -0.39 is 11.5 Å². The Labute approximate surface area is 154 Å². The summed E-state index contributed by atoms with van der Waals surface area (Å²) >= 11 is 0. The first-order valence-electron chi connectivity index (χ1n) is 8.92. The molecule has 1 aliphatic carbocycles. The van der Waals surface area contributed by atoms with Gasteiger partial charge in [-0.2, -0.15) is 0 Å². The van der Waals surface area contributed by atoms with Crippen molar-refractivity contribution in [3.8, 4) is 11.5 Å². The van der Waals surface area contributed by atoms with Crippen LogP contribution in [0.3, 0.4) is 0 Å². The van der Waals surface area contributed by atoms with E-state index in [0.29, 0.717) is 46.5 Å². The highest BCUT2D eigenvalue weighted by molar-refractivity contribution is 6.00. The molecule has 1 aromatic heterocycles. The highest BCUT2D eigenvalue weighted by atomic mass is 16.5. The maximum Gasteiger partial charge on any atom is 0.344 e. The smallest absolute Gasteiger partial charge is 0.344 e. The lowest BCUT2D eigenvalue weighted by molar-refractivity contribution is -0.116. The number of rotatable bonds is 1. The van der Waals surface area contributed by atoms with Gasteiger partial charge in [-0.05, 0) is 36.2 Å². The summed E-state index contributed by atoms with van der Waals surface area (Å²) < 4.78 is 11.7. The molecule has 1 N–H and O–H groups in total. The van der Waals surface area contributed by atoms with Crippen molar-refractivity contribution in [1.82, 2.24) is 0 Å². The number of carbonyl (C=O) groups excluding carboxylic acids is 1. The zero-order chi connectivity index (χ0) is 18.5. The summed E-state index contributed by atoms with van der Waals surface area (Å²) in [7, 11) is 0. The summed E-state index contributed by atoms with van der Waals surface area (Å²) in [6, 6.07) is 13.8. The van der Waals surface area contributed by atoms with Gasteiger partial charge in [0, 0.05) is 18.4 Å². The van der Waals surface area contributed by atoms with Gasteiger partial charge in [0.15, 0.2) is 5.78 Å². The van der Waals surface area contributed by atoms with Crippen molar-refractivity contribution in [2.24, 2.45) is 0 Å². The minimum atomic E-state index is -0.557. The first kappa shape index (κ1) is 15.9. The second-order valence-corrected chi connectivity index (χ2v) is 6.87.